The van der Waals surface area contributed by atoms with Crippen molar-refractivity contribution in [3.63, 3.8) is 0 Å². The topological polar surface area (TPSA) is 66.4 Å². The van der Waals surface area contributed by atoms with Crippen molar-refractivity contribution in [2.45, 2.75) is 12.5 Å². The zero-order valence-corrected chi connectivity index (χ0v) is 13.4. The number of carboxylic acid groups (broad SMARTS) is 1. The number of nitrogens with one attached hydrogen (secondary N) is 1. The third-order valence-electron chi connectivity index (χ3n) is 2.40. The van der Waals surface area contributed by atoms with Gasteiger partial charge in [-0.2, -0.15) is 0 Å². The van der Waals surface area contributed by atoms with Crippen LogP contribution in [-0.4, -0.2) is 17.0 Å². The molecule has 2 rings (SSSR count). The Bertz CT molecular complexity index is 580. The number of carbonyl (C=O) groups is 2. The first kappa shape index (κ1) is 14.5. The van der Waals surface area contributed by atoms with Crippen LogP contribution in [0.15, 0.2) is 29.0 Å². The van der Waals surface area contributed by atoms with E-state index < -0.39 is 12.0 Å². The first-order chi connectivity index (χ1) is 9.06. The van der Waals surface area contributed by atoms with E-state index in [9.17, 15) is 9.59 Å². The monoisotopic (exact) mass is 407 g/mol. The van der Waals surface area contributed by atoms with E-state index in [1.54, 1.807) is 11.4 Å². The van der Waals surface area contributed by atoms with Crippen LogP contribution in [0.5, 0.6) is 0 Å². The first-order valence-electron chi connectivity index (χ1n) is 5.36. The molecule has 2 aromatic rings. The van der Waals surface area contributed by atoms with Crippen molar-refractivity contribution in [1.82, 2.24) is 5.32 Å². The Morgan fingerprint density at radius 1 is 1.42 bits per heavy atom. The molecule has 19 heavy (non-hydrogen) atoms. The molecule has 0 aliphatic carbocycles. The van der Waals surface area contributed by atoms with Gasteiger partial charge in [-0.3, -0.25) is 9.59 Å². The lowest BCUT2D eigenvalue weighted by molar-refractivity contribution is -0.137. The lowest BCUT2D eigenvalue weighted by atomic mass is 10.1. The first-order valence-corrected chi connectivity index (χ1v) is 8.20. The third-order valence-corrected chi connectivity index (χ3v) is 5.18. The zero-order chi connectivity index (χ0) is 13.8. The highest BCUT2D eigenvalue weighted by molar-refractivity contribution is 14.1. The number of amides is 1. The fraction of sp³-hybridized carbons (Fsp3) is 0.167. The minimum absolute atomic E-state index is 0.118. The van der Waals surface area contributed by atoms with Gasteiger partial charge in [0.1, 0.15) is 0 Å². The van der Waals surface area contributed by atoms with Gasteiger partial charge in [0.15, 0.2) is 0 Å². The molecule has 4 nitrogen and oxygen atoms in total. The molecular weight excluding hydrogens is 397 g/mol. The second kappa shape index (κ2) is 6.49. The van der Waals surface area contributed by atoms with Crippen molar-refractivity contribution in [3.8, 4) is 0 Å². The molecule has 2 aromatic heterocycles. The number of halogens is 1. The number of rotatable bonds is 5. The SMILES string of the molecule is O=C(O)CC(NC(=O)c1csc(I)c1)c1cccs1. The summed E-state index contributed by atoms with van der Waals surface area (Å²) >= 11 is 5.07. The summed E-state index contributed by atoms with van der Waals surface area (Å²) in [6.45, 7) is 0. The molecule has 0 saturated carbocycles. The minimum atomic E-state index is -0.932. The quantitative estimate of drug-likeness (QED) is 0.748. The molecular formula is C12H10INO3S2. The van der Waals surface area contributed by atoms with Crippen LogP contribution in [0, 0.1) is 2.88 Å². The molecule has 1 atom stereocenters. The maximum atomic E-state index is 12.0. The van der Waals surface area contributed by atoms with Gasteiger partial charge < -0.3 is 10.4 Å². The minimum Gasteiger partial charge on any atom is -0.481 e. The summed E-state index contributed by atoms with van der Waals surface area (Å²) in [7, 11) is 0. The van der Waals surface area contributed by atoms with E-state index in [0.29, 0.717) is 5.56 Å². The summed E-state index contributed by atoms with van der Waals surface area (Å²) in [5, 5.41) is 15.3. The summed E-state index contributed by atoms with van der Waals surface area (Å²) in [6.07, 6.45) is -0.118. The average Bonchev–Trinajstić information content (AvgIpc) is 2.97. The number of carbonyl (C=O) groups excluding carboxylic acids is 1. The van der Waals surface area contributed by atoms with Crippen LogP contribution in [0.2, 0.25) is 0 Å². The number of thiophene rings is 2. The normalized spacial score (nSPS) is 12.1. The molecule has 100 valence electrons. The van der Waals surface area contributed by atoms with E-state index in [-0.39, 0.29) is 12.3 Å². The average molecular weight is 407 g/mol. The molecule has 0 fully saturated rings. The summed E-state index contributed by atoms with van der Waals surface area (Å²) < 4.78 is 1.02. The fourth-order valence-electron chi connectivity index (χ4n) is 1.56. The van der Waals surface area contributed by atoms with E-state index in [1.165, 1.54) is 22.7 Å². The molecule has 1 unspecified atom stereocenters. The molecule has 7 heteroatoms. The molecule has 2 N–H and O–H groups in total. The number of aliphatic carboxylic acids is 1. The van der Waals surface area contributed by atoms with Gasteiger partial charge in [-0.05, 0) is 40.1 Å². The van der Waals surface area contributed by atoms with Crippen LogP contribution < -0.4 is 5.32 Å². The lowest BCUT2D eigenvalue weighted by Gasteiger charge is -2.14. The fourth-order valence-corrected chi connectivity index (χ4v) is 3.66. The van der Waals surface area contributed by atoms with Gasteiger partial charge in [-0.15, -0.1) is 22.7 Å². The van der Waals surface area contributed by atoms with Gasteiger partial charge in [0, 0.05) is 10.3 Å². The number of carboxylic acids is 1. The highest BCUT2D eigenvalue weighted by Crippen LogP contribution is 2.23. The highest BCUT2D eigenvalue weighted by Gasteiger charge is 2.20. The van der Waals surface area contributed by atoms with Crippen LogP contribution in [0.1, 0.15) is 27.7 Å². The van der Waals surface area contributed by atoms with Gasteiger partial charge in [0.2, 0.25) is 0 Å². The maximum absolute atomic E-state index is 12.0. The largest absolute Gasteiger partial charge is 0.481 e. The van der Waals surface area contributed by atoms with E-state index in [0.717, 1.165) is 7.76 Å². The Balaban J connectivity index is 2.12. The van der Waals surface area contributed by atoms with E-state index in [1.807, 2.05) is 17.5 Å². The van der Waals surface area contributed by atoms with Gasteiger partial charge in [-0.1, -0.05) is 6.07 Å². The van der Waals surface area contributed by atoms with Crippen LogP contribution >= 0.6 is 45.3 Å². The summed E-state index contributed by atoms with van der Waals surface area (Å²) in [5.41, 5.74) is 0.571. The lowest BCUT2D eigenvalue weighted by Crippen LogP contribution is -2.29. The smallest absolute Gasteiger partial charge is 0.305 e. The molecule has 0 aliphatic rings. The highest BCUT2D eigenvalue weighted by atomic mass is 127. The standard InChI is InChI=1S/C12H10INO3S2/c13-10-4-7(6-19-10)12(17)14-8(5-11(15)16)9-2-1-3-18-9/h1-4,6,8H,5H2,(H,14,17)(H,15,16). The predicted molar refractivity (Wildman–Crippen MR) is 83.8 cm³/mol. The summed E-state index contributed by atoms with van der Waals surface area (Å²) in [4.78, 5) is 23.8. The third kappa shape index (κ3) is 4.02. The van der Waals surface area contributed by atoms with Gasteiger partial charge in [0.05, 0.1) is 20.9 Å². The number of hydrogen-bond acceptors (Lipinski definition) is 4. The Kier molecular flexibility index (Phi) is 4.94. The molecule has 2 heterocycles. The molecule has 0 bridgehead atoms. The molecule has 1 amide bonds. The zero-order valence-electron chi connectivity index (χ0n) is 9.63. The van der Waals surface area contributed by atoms with Crippen LogP contribution in [0.25, 0.3) is 0 Å². The van der Waals surface area contributed by atoms with Crippen molar-refractivity contribution in [1.29, 1.82) is 0 Å². The molecule has 0 aliphatic heterocycles. The Labute approximate surface area is 131 Å². The van der Waals surface area contributed by atoms with Crippen molar-refractivity contribution in [2.75, 3.05) is 0 Å². The number of hydrogen-bond donors (Lipinski definition) is 2. The summed E-state index contributed by atoms with van der Waals surface area (Å²) in [6, 6.07) is 4.97. The molecule has 0 saturated heterocycles. The van der Waals surface area contributed by atoms with E-state index in [4.69, 9.17) is 5.11 Å². The Morgan fingerprint density at radius 2 is 2.21 bits per heavy atom. The van der Waals surface area contributed by atoms with Gasteiger partial charge >= 0.3 is 5.97 Å². The van der Waals surface area contributed by atoms with Crippen LogP contribution in [-0.2, 0) is 4.79 Å². The van der Waals surface area contributed by atoms with Crippen molar-refractivity contribution >= 4 is 57.1 Å². The summed E-state index contributed by atoms with van der Waals surface area (Å²) in [5.74, 6) is -1.17. The Morgan fingerprint density at radius 3 is 2.74 bits per heavy atom. The molecule has 0 spiro atoms. The van der Waals surface area contributed by atoms with Crippen molar-refractivity contribution in [3.05, 3.63) is 42.3 Å². The van der Waals surface area contributed by atoms with Crippen LogP contribution in [0.3, 0.4) is 0 Å². The van der Waals surface area contributed by atoms with E-state index in [2.05, 4.69) is 27.9 Å². The van der Waals surface area contributed by atoms with Crippen LogP contribution in [0.4, 0.5) is 0 Å². The van der Waals surface area contributed by atoms with Gasteiger partial charge in [0.25, 0.3) is 5.91 Å². The second-order valence-corrected chi connectivity index (χ2v) is 7.56. The van der Waals surface area contributed by atoms with Crippen molar-refractivity contribution in [2.24, 2.45) is 0 Å². The molecule has 0 radical (unpaired) electrons. The molecule has 0 aromatic carbocycles. The second-order valence-electron chi connectivity index (χ2n) is 3.78. The van der Waals surface area contributed by atoms with Gasteiger partial charge in [-0.25, -0.2) is 0 Å². The van der Waals surface area contributed by atoms with Crippen molar-refractivity contribution < 1.29 is 14.7 Å². The maximum Gasteiger partial charge on any atom is 0.305 e. The predicted octanol–water partition coefficient (Wildman–Crippen LogP) is 3.36. The van der Waals surface area contributed by atoms with E-state index >= 15 is 0 Å². The Hall–Kier alpha value is -0.930.